The third-order valence-electron chi connectivity index (χ3n) is 8.69. The molecule has 2 aromatic carbocycles. The molecule has 0 atom stereocenters. The zero-order valence-electron chi connectivity index (χ0n) is 24.5. The van der Waals surface area contributed by atoms with Crippen molar-refractivity contribution in [2.45, 2.75) is 57.4 Å². The van der Waals surface area contributed by atoms with Crippen molar-refractivity contribution in [3.63, 3.8) is 0 Å². The number of carbonyl (C=O) groups is 2. The fourth-order valence-electron chi connectivity index (χ4n) is 6.18. The summed E-state index contributed by atoms with van der Waals surface area (Å²) in [5.41, 5.74) is 3.59. The van der Waals surface area contributed by atoms with Crippen LogP contribution in [-0.2, 0) is 26.3 Å². The molecular weight excluding hydrogens is 554 g/mol. The number of nitrogens with one attached hydrogen (secondary N) is 1. The van der Waals surface area contributed by atoms with E-state index in [4.69, 9.17) is 9.47 Å². The Bertz CT molecular complexity index is 1600. The molecule has 0 spiro atoms. The van der Waals surface area contributed by atoms with Gasteiger partial charge >= 0.3 is 16.2 Å². The largest absolute Gasteiger partial charge is 0.497 e. The van der Waals surface area contributed by atoms with Crippen LogP contribution in [0.3, 0.4) is 0 Å². The van der Waals surface area contributed by atoms with Crippen LogP contribution in [0.5, 0.6) is 5.75 Å². The summed E-state index contributed by atoms with van der Waals surface area (Å²) in [7, 11) is 0.377. The van der Waals surface area contributed by atoms with Gasteiger partial charge in [-0.1, -0.05) is 31.4 Å². The second-order valence-corrected chi connectivity index (χ2v) is 13.2. The second-order valence-electron chi connectivity index (χ2n) is 11.4. The summed E-state index contributed by atoms with van der Waals surface area (Å²) in [6, 6.07) is 13.3. The van der Waals surface area contributed by atoms with Crippen LogP contribution >= 0.6 is 0 Å². The summed E-state index contributed by atoms with van der Waals surface area (Å²) in [4.78, 5) is 26.2. The molecule has 10 heteroatoms. The molecule has 9 nitrogen and oxygen atoms in total. The Labute approximate surface area is 247 Å². The van der Waals surface area contributed by atoms with E-state index in [9.17, 15) is 18.0 Å². The minimum Gasteiger partial charge on any atom is -0.497 e. The first-order valence-electron chi connectivity index (χ1n) is 14.4. The highest BCUT2D eigenvalue weighted by Gasteiger charge is 2.52. The van der Waals surface area contributed by atoms with Crippen LogP contribution in [0.1, 0.15) is 66.8 Å². The van der Waals surface area contributed by atoms with E-state index in [-0.39, 0.29) is 18.1 Å². The fraction of sp³-hybridized carbons (Fsp3) is 0.438. The molecule has 0 bridgehead atoms. The molecule has 0 unspecified atom stereocenters. The second kappa shape index (κ2) is 11.9. The van der Waals surface area contributed by atoms with Gasteiger partial charge in [0, 0.05) is 36.6 Å². The van der Waals surface area contributed by atoms with E-state index < -0.39 is 21.5 Å². The third kappa shape index (κ3) is 5.70. The SMILES string of the molecule is C=CCN(C)S(=O)(=O)NC(=O)c1ccc2c(C3CCCCC3)c(-c3ccc(OC)cc3)n(CC3(C(=O)OC)CC3)c2c1. The van der Waals surface area contributed by atoms with Crippen molar-refractivity contribution < 1.29 is 27.5 Å². The Morgan fingerprint density at radius 3 is 2.38 bits per heavy atom. The topological polar surface area (TPSA) is 107 Å². The van der Waals surface area contributed by atoms with Crippen molar-refractivity contribution >= 4 is 33.0 Å². The van der Waals surface area contributed by atoms with Crippen molar-refractivity contribution in [1.29, 1.82) is 0 Å². The predicted octanol–water partition coefficient (Wildman–Crippen LogP) is 5.41. The van der Waals surface area contributed by atoms with Crippen molar-refractivity contribution in [3.8, 4) is 17.0 Å². The number of carbonyl (C=O) groups excluding carboxylic acids is 2. The molecule has 2 fully saturated rings. The number of ether oxygens (including phenoxy) is 2. The quantitative estimate of drug-likeness (QED) is 0.235. The van der Waals surface area contributed by atoms with Gasteiger partial charge in [-0.2, -0.15) is 12.7 Å². The number of amides is 1. The van der Waals surface area contributed by atoms with E-state index in [1.807, 2.05) is 30.3 Å². The number of hydrogen-bond acceptors (Lipinski definition) is 6. The normalized spacial score (nSPS) is 16.8. The fourth-order valence-corrected chi connectivity index (χ4v) is 6.99. The minimum absolute atomic E-state index is 0.0656. The highest BCUT2D eigenvalue weighted by Crippen LogP contribution is 2.51. The van der Waals surface area contributed by atoms with Gasteiger partial charge in [-0.15, -0.1) is 6.58 Å². The molecule has 2 aliphatic rings. The molecule has 0 aliphatic heterocycles. The van der Waals surface area contributed by atoms with Crippen molar-refractivity contribution in [1.82, 2.24) is 13.6 Å². The summed E-state index contributed by atoms with van der Waals surface area (Å²) in [5, 5.41) is 1.01. The number of hydrogen-bond donors (Lipinski definition) is 1. The Hall–Kier alpha value is -3.63. The number of nitrogens with zero attached hydrogens (tertiary/aromatic N) is 2. The number of likely N-dealkylation sites (N-methyl/N-ethyl adjacent to an activating group) is 1. The lowest BCUT2D eigenvalue weighted by atomic mass is 9.81. The van der Waals surface area contributed by atoms with Gasteiger partial charge in [0.1, 0.15) is 5.75 Å². The number of methoxy groups -OCH3 is 2. The number of rotatable bonds is 11. The Balaban J connectivity index is 1.70. The highest BCUT2D eigenvalue weighted by atomic mass is 32.2. The monoisotopic (exact) mass is 593 g/mol. The summed E-state index contributed by atoms with van der Waals surface area (Å²) < 4.78 is 41.4. The number of benzene rings is 2. The molecule has 3 aromatic rings. The zero-order chi connectivity index (χ0) is 30.1. The van der Waals surface area contributed by atoms with E-state index in [2.05, 4.69) is 15.9 Å². The van der Waals surface area contributed by atoms with E-state index in [1.165, 1.54) is 32.2 Å². The van der Waals surface area contributed by atoms with Crippen LogP contribution in [0.4, 0.5) is 0 Å². The summed E-state index contributed by atoms with van der Waals surface area (Å²) in [5.74, 6) is 0.102. The Kier molecular flexibility index (Phi) is 8.48. The summed E-state index contributed by atoms with van der Waals surface area (Å²) in [6.45, 7) is 4.03. The third-order valence-corrected chi connectivity index (χ3v) is 10.1. The molecule has 0 saturated heterocycles. The highest BCUT2D eigenvalue weighted by molar-refractivity contribution is 7.87. The lowest BCUT2D eigenvalue weighted by Crippen LogP contribution is -2.41. The van der Waals surface area contributed by atoms with Crippen LogP contribution in [-0.4, -0.2) is 57.0 Å². The average molecular weight is 594 g/mol. The van der Waals surface area contributed by atoms with Crippen molar-refractivity contribution in [2.75, 3.05) is 27.8 Å². The van der Waals surface area contributed by atoms with E-state index in [0.717, 1.165) is 57.9 Å². The Morgan fingerprint density at radius 1 is 1.10 bits per heavy atom. The van der Waals surface area contributed by atoms with E-state index >= 15 is 0 Å². The number of esters is 1. The first-order valence-corrected chi connectivity index (χ1v) is 15.9. The van der Waals surface area contributed by atoms with Crippen LogP contribution < -0.4 is 9.46 Å². The molecular formula is C32H39N3O6S. The van der Waals surface area contributed by atoms with Gasteiger partial charge in [0.15, 0.2) is 0 Å². The number of fused-ring (bicyclic) bond motifs is 1. The molecule has 224 valence electrons. The van der Waals surface area contributed by atoms with Gasteiger partial charge in [0.2, 0.25) is 0 Å². The van der Waals surface area contributed by atoms with Gasteiger partial charge in [-0.25, -0.2) is 4.72 Å². The molecule has 42 heavy (non-hydrogen) atoms. The maximum atomic E-state index is 13.3. The van der Waals surface area contributed by atoms with E-state index in [1.54, 1.807) is 19.2 Å². The molecule has 1 amide bonds. The Morgan fingerprint density at radius 2 is 1.79 bits per heavy atom. The minimum atomic E-state index is -4.05. The van der Waals surface area contributed by atoms with Crippen LogP contribution in [0.15, 0.2) is 55.1 Å². The maximum absolute atomic E-state index is 13.3. The molecule has 1 heterocycles. The maximum Gasteiger partial charge on any atom is 0.313 e. The lowest BCUT2D eigenvalue weighted by Gasteiger charge is -2.24. The van der Waals surface area contributed by atoms with Gasteiger partial charge < -0.3 is 14.0 Å². The smallest absolute Gasteiger partial charge is 0.313 e. The van der Waals surface area contributed by atoms with Gasteiger partial charge in [0.25, 0.3) is 5.91 Å². The number of aromatic nitrogens is 1. The van der Waals surface area contributed by atoms with Crippen LogP contribution in [0.2, 0.25) is 0 Å². The van der Waals surface area contributed by atoms with Gasteiger partial charge in [-0.3, -0.25) is 9.59 Å². The molecule has 5 rings (SSSR count). The lowest BCUT2D eigenvalue weighted by molar-refractivity contribution is -0.147. The summed E-state index contributed by atoms with van der Waals surface area (Å²) in [6.07, 6.45) is 8.48. The first kappa shape index (κ1) is 29.8. The molecule has 0 radical (unpaired) electrons. The summed E-state index contributed by atoms with van der Waals surface area (Å²) >= 11 is 0. The van der Waals surface area contributed by atoms with Crippen LogP contribution in [0.25, 0.3) is 22.2 Å². The average Bonchev–Trinajstić information content (AvgIpc) is 3.72. The van der Waals surface area contributed by atoms with Gasteiger partial charge in [0.05, 0.1) is 25.3 Å². The van der Waals surface area contributed by atoms with Crippen molar-refractivity contribution in [3.05, 3.63) is 66.2 Å². The van der Waals surface area contributed by atoms with Gasteiger partial charge in [-0.05, 0) is 79.1 Å². The zero-order valence-corrected chi connectivity index (χ0v) is 25.3. The molecule has 2 saturated carbocycles. The van der Waals surface area contributed by atoms with Crippen molar-refractivity contribution in [2.24, 2.45) is 5.41 Å². The standard InChI is InChI=1S/C32H39N3O6S/c1-5-19-34(2)42(38,39)33-30(36)24-13-16-26-27(20-24)35(21-32(17-18-32)31(37)41-4)29(23-11-14-25(40-3)15-12-23)28(26)22-9-7-6-8-10-22/h5,11-16,20,22H,1,6-10,17-19,21H2,2-4H3,(H,33,36). The molecule has 1 aromatic heterocycles. The molecule has 1 N–H and O–H groups in total. The first-order chi connectivity index (χ1) is 20.1. The van der Waals surface area contributed by atoms with Crippen LogP contribution in [0, 0.1) is 5.41 Å². The van der Waals surface area contributed by atoms with E-state index in [0.29, 0.717) is 25.3 Å². The predicted molar refractivity (Wildman–Crippen MR) is 163 cm³/mol. The molecule has 2 aliphatic carbocycles.